The van der Waals surface area contributed by atoms with Crippen molar-refractivity contribution in [3.63, 3.8) is 0 Å². The van der Waals surface area contributed by atoms with Crippen LogP contribution in [0.5, 0.6) is 0 Å². The summed E-state index contributed by atoms with van der Waals surface area (Å²) < 4.78 is 28.7. The predicted molar refractivity (Wildman–Crippen MR) is 129 cm³/mol. The van der Waals surface area contributed by atoms with Gasteiger partial charge in [0.2, 0.25) is 14.9 Å². The minimum Gasteiger partial charge on any atom is -0.339 e. The Balaban J connectivity index is 1.77. The van der Waals surface area contributed by atoms with Crippen LogP contribution in [0.25, 0.3) is 16.6 Å². The third-order valence-corrected chi connectivity index (χ3v) is 7.55. The molecule has 0 spiro atoms. The van der Waals surface area contributed by atoms with Crippen molar-refractivity contribution in [3.8, 4) is 0 Å². The van der Waals surface area contributed by atoms with E-state index in [1.165, 1.54) is 4.52 Å². The van der Waals surface area contributed by atoms with Crippen molar-refractivity contribution in [2.45, 2.75) is 37.6 Å². The van der Waals surface area contributed by atoms with Gasteiger partial charge in [0, 0.05) is 11.1 Å². The van der Waals surface area contributed by atoms with E-state index in [0.717, 1.165) is 27.8 Å². The first kappa shape index (κ1) is 21.1. The molecule has 0 aliphatic heterocycles. The summed E-state index contributed by atoms with van der Waals surface area (Å²) in [7, 11) is -3.93. The van der Waals surface area contributed by atoms with Gasteiger partial charge in [0.05, 0.1) is 10.4 Å². The Morgan fingerprint density at radius 2 is 1.55 bits per heavy atom. The van der Waals surface area contributed by atoms with Crippen LogP contribution in [0.1, 0.15) is 22.3 Å². The molecular formula is C25H23N5O2S. The number of aromatic nitrogens is 4. The topological polar surface area (TPSA) is 89.2 Å². The van der Waals surface area contributed by atoms with Gasteiger partial charge < -0.3 is 5.32 Å². The lowest BCUT2D eigenvalue weighted by Gasteiger charge is -2.13. The third kappa shape index (κ3) is 3.52. The van der Waals surface area contributed by atoms with E-state index in [4.69, 9.17) is 4.98 Å². The SMILES string of the molecule is Cc1ccc(C)c(Nc2nc3c(S(=O)(=O)c4cc(C)ccc4C)nnn3c3ccccc23)c1. The summed E-state index contributed by atoms with van der Waals surface area (Å²) in [5.41, 5.74) is 5.47. The molecule has 0 atom stereocenters. The first-order chi connectivity index (χ1) is 15.8. The van der Waals surface area contributed by atoms with E-state index in [2.05, 4.69) is 15.6 Å². The van der Waals surface area contributed by atoms with Gasteiger partial charge in [0.25, 0.3) is 0 Å². The van der Waals surface area contributed by atoms with Gasteiger partial charge in [-0.05, 0) is 74.2 Å². The van der Waals surface area contributed by atoms with Crippen LogP contribution in [-0.2, 0) is 9.84 Å². The highest BCUT2D eigenvalue weighted by molar-refractivity contribution is 7.91. The number of fused-ring (bicyclic) bond motifs is 3. The van der Waals surface area contributed by atoms with Crippen LogP contribution in [0.15, 0.2) is 70.6 Å². The van der Waals surface area contributed by atoms with Crippen molar-refractivity contribution in [1.82, 2.24) is 19.8 Å². The molecule has 0 aliphatic rings. The second kappa shape index (κ2) is 7.67. The molecule has 0 radical (unpaired) electrons. The second-order valence-electron chi connectivity index (χ2n) is 8.32. The summed E-state index contributed by atoms with van der Waals surface area (Å²) in [6.07, 6.45) is 0. The van der Waals surface area contributed by atoms with Crippen molar-refractivity contribution < 1.29 is 8.42 Å². The molecule has 5 aromatic rings. The van der Waals surface area contributed by atoms with Crippen molar-refractivity contribution >= 4 is 37.9 Å². The summed E-state index contributed by atoms with van der Waals surface area (Å²) in [5.74, 6) is 0.548. The minimum atomic E-state index is -3.93. The molecule has 0 aliphatic carbocycles. The molecule has 0 amide bonds. The average molecular weight is 458 g/mol. The Morgan fingerprint density at radius 1 is 0.848 bits per heavy atom. The Hall–Kier alpha value is -3.78. The fraction of sp³-hybridized carbons (Fsp3) is 0.160. The quantitative estimate of drug-likeness (QED) is 0.404. The Labute approximate surface area is 192 Å². The standard InChI is InChI=1S/C25H23N5O2S/c1-15-9-11-17(3)20(13-15)26-23-19-7-5-6-8-21(19)30-24(27-23)25(28-29-30)33(31,32)22-14-16(2)10-12-18(22)4/h5-14H,1-4H3,(H,26,27). The highest BCUT2D eigenvalue weighted by atomic mass is 32.2. The van der Waals surface area contributed by atoms with Crippen LogP contribution in [-0.4, -0.2) is 28.2 Å². The van der Waals surface area contributed by atoms with Gasteiger partial charge in [-0.25, -0.2) is 13.4 Å². The molecule has 2 heterocycles. The van der Waals surface area contributed by atoms with Gasteiger partial charge in [-0.2, -0.15) is 4.52 Å². The number of benzene rings is 3. The number of rotatable bonds is 4. The molecule has 3 aromatic carbocycles. The zero-order chi connectivity index (χ0) is 23.3. The van der Waals surface area contributed by atoms with Crippen LogP contribution in [0.2, 0.25) is 0 Å². The van der Waals surface area contributed by atoms with Gasteiger partial charge in [-0.15, -0.1) is 5.10 Å². The molecular weight excluding hydrogens is 434 g/mol. The van der Waals surface area contributed by atoms with Gasteiger partial charge in [-0.1, -0.05) is 41.6 Å². The molecule has 0 fully saturated rings. The number of anilines is 2. The molecule has 8 heteroatoms. The first-order valence-electron chi connectivity index (χ1n) is 10.6. The Bertz CT molecular complexity index is 1660. The minimum absolute atomic E-state index is 0.161. The fourth-order valence-electron chi connectivity index (χ4n) is 3.91. The summed E-state index contributed by atoms with van der Waals surface area (Å²) in [6.45, 7) is 7.67. The monoisotopic (exact) mass is 457 g/mol. The number of hydrogen-bond acceptors (Lipinski definition) is 6. The molecule has 0 saturated heterocycles. The molecule has 0 unspecified atom stereocenters. The van der Waals surface area contributed by atoms with Crippen molar-refractivity contribution in [3.05, 3.63) is 82.9 Å². The molecule has 0 saturated carbocycles. The molecule has 33 heavy (non-hydrogen) atoms. The zero-order valence-electron chi connectivity index (χ0n) is 18.8. The maximum atomic E-state index is 13.6. The number of para-hydroxylation sites is 1. The van der Waals surface area contributed by atoms with Crippen LogP contribution >= 0.6 is 0 Å². The lowest BCUT2D eigenvalue weighted by atomic mass is 10.1. The molecule has 1 N–H and O–H groups in total. The maximum absolute atomic E-state index is 13.6. The Morgan fingerprint density at radius 3 is 2.33 bits per heavy atom. The van der Waals surface area contributed by atoms with Crippen molar-refractivity contribution in [2.24, 2.45) is 0 Å². The van der Waals surface area contributed by atoms with Gasteiger partial charge in [0.1, 0.15) is 5.82 Å². The normalized spacial score (nSPS) is 11.9. The van der Waals surface area contributed by atoms with Gasteiger partial charge in [0.15, 0.2) is 5.65 Å². The van der Waals surface area contributed by atoms with Crippen LogP contribution in [0.4, 0.5) is 11.5 Å². The summed E-state index contributed by atoms with van der Waals surface area (Å²) in [4.78, 5) is 4.93. The van der Waals surface area contributed by atoms with E-state index < -0.39 is 9.84 Å². The second-order valence-corrected chi connectivity index (χ2v) is 10.2. The zero-order valence-corrected chi connectivity index (χ0v) is 19.6. The van der Waals surface area contributed by atoms with E-state index in [1.54, 1.807) is 19.1 Å². The lowest BCUT2D eigenvalue weighted by molar-refractivity contribution is 0.592. The number of hydrogen-bond donors (Lipinski definition) is 1. The maximum Gasteiger partial charge on any atom is 0.229 e. The summed E-state index contributed by atoms with van der Waals surface area (Å²) in [5, 5.41) is 12.3. The number of sulfone groups is 1. The highest BCUT2D eigenvalue weighted by Gasteiger charge is 2.28. The fourth-order valence-corrected chi connectivity index (χ4v) is 5.47. The Kier molecular flexibility index (Phi) is 4.90. The van der Waals surface area contributed by atoms with Crippen molar-refractivity contribution in [2.75, 3.05) is 5.32 Å². The van der Waals surface area contributed by atoms with E-state index >= 15 is 0 Å². The lowest BCUT2D eigenvalue weighted by Crippen LogP contribution is -2.07. The molecule has 2 aromatic heterocycles. The summed E-state index contributed by atoms with van der Waals surface area (Å²) in [6, 6.07) is 19.1. The smallest absolute Gasteiger partial charge is 0.229 e. The van der Waals surface area contributed by atoms with Crippen LogP contribution < -0.4 is 5.32 Å². The average Bonchev–Trinajstić information content (AvgIpc) is 3.23. The van der Waals surface area contributed by atoms with Crippen molar-refractivity contribution in [1.29, 1.82) is 0 Å². The third-order valence-electron chi connectivity index (χ3n) is 5.76. The molecule has 166 valence electrons. The largest absolute Gasteiger partial charge is 0.339 e. The van der Waals surface area contributed by atoms with E-state index in [1.807, 2.05) is 69.3 Å². The van der Waals surface area contributed by atoms with Crippen LogP contribution in [0.3, 0.4) is 0 Å². The highest BCUT2D eigenvalue weighted by Crippen LogP contribution is 2.31. The molecule has 5 rings (SSSR count). The predicted octanol–water partition coefficient (Wildman–Crippen LogP) is 5.09. The first-order valence-corrected chi connectivity index (χ1v) is 12.0. The molecule has 7 nitrogen and oxygen atoms in total. The number of aryl methyl sites for hydroxylation is 4. The van der Waals surface area contributed by atoms with Gasteiger partial charge in [-0.3, -0.25) is 0 Å². The van der Waals surface area contributed by atoms with Gasteiger partial charge >= 0.3 is 0 Å². The summed E-state index contributed by atoms with van der Waals surface area (Å²) >= 11 is 0. The van der Waals surface area contributed by atoms with Crippen LogP contribution in [0, 0.1) is 27.7 Å². The number of nitrogens with one attached hydrogen (secondary N) is 1. The van der Waals surface area contributed by atoms with E-state index in [-0.39, 0.29) is 15.6 Å². The van der Waals surface area contributed by atoms with E-state index in [9.17, 15) is 8.42 Å². The number of nitrogens with zero attached hydrogens (tertiary/aromatic N) is 4. The van der Waals surface area contributed by atoms with E-state index in [0.29, 0.717) is 16.9 Å². The molecule has 0 bridgehead atoms.